The second-order valence-corrected chi connectivity index (χ2v) is 3.32. The number of hydrogen-bond acceptors (Lipinski definition) is 4. The largest absolute Gasteiger partial charge is 0.467 e. The average Bonchev–Trinajstić information content (AvgIpc) is 2.27. The fourth-order valence-electron chi connectivity index (χ4n) is 1.20. The number of rotatable bonds is 3. The first-order valence-electron chi connectivity index (χ1n) is 4.56. The number of methoxy groups -OCH3 is 1. The molecular weight excluding hydrogens is 196 g/mol. The van der Waals surface area contributed by atoms with Gasteiger partial charge in [-0.05, 0) is 12.5 Å². The van der Waals surface area contributed by atoms with Gasteiger partial charge in [-0.3, -0.25) is 0 Å². The molecule has 0 aliphatic rings. The quantitative estimate of drug-likeness (QED) is 0.715. The van der Waals surface area contributed by atoms with Gasteiger partial charge < -0.3 is 14.9 Å². The van der Waals surface area contributed by atoms with E-state index in [2.05, 4.69) is 4.74 Å². The van der Waals surface area contributed by atoms with Crippen molar-refractivity contribution >= 4 is 5.97 Å². The smallest absolute Gasteiger partial charge is 0.337 e. The third kappa shape index (κ3) is 2.78. The number of aryl methyl sites for hydroxylation is 1. The minimum absolute atomic E-state index is 0.485. The molecule has 4 heteroatoms. The summed E-state index contributed by atoms with van der Waals surface area (Å²) in [4.78, 5) is 11.0. The van der Waals surface area contributed by atoms with Crippen molar-refractivity contribution < 1.29 is 19.7 Å². The summed E-state index contributed by atoms with van der Waals surface area (Å²) in [5.41, 5.74) is 1.53. The van der Waals surface area contributed by atoms with E-state index in [0.717, 1.165) is 12.7 Å². The van der Waals surface area contributed by atoms with Crippen molar-refractivity contribution in [3.05, 3.63) is 35.4 Å². The molecule has 0 aliphatic heterocycles. The molecule has 0 fully saturated rings. The Hall–Kier alpha value is -1.39. The zero-order chi connectivity index (χ0) is 11.4. The summed E-state index contributed by atoms with van der Waals surface area (Å²) in [5.74, 6) is -0.844. The predicted molar refractivity (Wildman–Crippen MR) is 54.2 cm³/mol. The van der Waals surface area contributed by atoms with Gasteiger partial charge in [0.2, 0.25) is 0 Å². The number of benzene rings is 1. The summed E-state index contributed by atoms with van der Waals surface area (Å²) in [7, 11) is 1.16. The SMILES string of the molecule is COC(=O)[C@@H](O)[C@@H](O)c1ccc(C)cc1. The number of aliphatic hydroxyl groups is 2. The Morgan fingerprint density at radius 2 is 1.80 bits per heavy atom. The summed E-state index contributed by atoms with van der Waals surface area (Å²) >= 11 is 0. The molecule has 0 radical (unpaired) electrons. The van der Waals surface area contributed by atoms with E-state index in [-0.39, 0.29) is 0 Å². The maximum atomic E-state index is 11.0. The molecule has 0 saturated heterocycles. The highest BCUT2D eigenvalue weighted by molar-refractivity contribution is 5.75. The van der Waals surface area contributed by atoms with Crippen LogP contribution in [0.3, 0.4) is 0 Å². The minimum Gasteiger partial charge on any atom is -0.467 e. The summed E-state index contributed by atoms with van der Waals surface area (Å²) in [6, 6.07) is 6.91. The van der Waals surface area contributed by atoms with Gasteiger partial charge in [-0.15, -0.1) is 0 Å². The molecule has 4 nitrogen and oxygen atoms in total. The molecule has 0 aromatic heterocycles. The van der Waals surface area contributed by atoms with Crippen LogP contribution in [0.2, 0.25) is 0 Å². The van der Waals surface area contributed by atoms with E-state index < -0.39 is 18.2 Å². The lowest BCUT2D eigenvalue weighted by atomic mass is 10.0. The highest BCUT2D eigenvalue weighted by Gasteiger charge is 2.26. The second kappa shape index (κ2) is 4.91. The number of esters is 1. The summed E-state index contributed by atoms with van der Waals surface area (Å²) in [6.07, 6.45) is -2.80. The molecule has 0 saturated carbocycles. The Morgan fingerprint density at radius 1 is 1.27 bits per heavy atom. The Balaban J connectivity index is 2.80. The number of hydrogen-bond donors (Lipinski definition) is 2. The van der Waals surface area contributed by atoms with E-state index in [1.165, 1.54) is 0 Å². The highest BCUT2D eigenvalue weighted by atomic mass is 16.5. The lowest BCUT2D eigenvalue weighted by Gasteiger charge is -2.15. The first-order valence-corrected chi connectivity index (χ1v) is 4.56. The van der Waals surface area contributed by atoms with Gasteiger partial charge in [0.25, 0.3) is 0 Å². The van der Waals surface area contributed by atoms with Crippen LogP contribution in [0.25, 0.3) is 0 Å². The van der Waals surface area contributed by atoms with E-state index in [1.54, 1.807) is 24.3 Å². The van der Waals surface area contributed by atoms with Crippen molar-refractivity contribution in [1.29, 1.82) is 0 Å². The van der Waals surface area contributed by atoms with Crippen LogP contribution in [0.5, 0.6) is 0 Å². The highest BCUT2D eigenvalue weighted by Crippen LogP contribution is 2.18. The van der Waals surface area contributed by atoms with Gasteiger partial charge in [-0.25, -0.2) is 4.79 Å². The fourth-order valence-corrected chi connectivity index (χ4v) is 1.20. The minimum atomic E-state index is -1.54. The van der Waals surface area contributed by atoms with Gasteiger partial charge in [-0.1, -0.05) is 29.8 Å². The van der Waals surface area contributed by atoms with Gasteiger partial charge >= 0.3 is 5.97 Å². The van der Waals surface area contributed by atoms with Crippen LogP contribution in [-0.4, -0.2) is 29.4 Å². The number of carbonyl (C=O) groups is 1. The van der Waals surface area contributed by atoms with Crippen molar-refractivity contribution in [1.82, 2.24) is 0 Å². The molecule has 0 unspecified atom stereocenters. The molecule has 0 bridgehead atoms. The van der Waals surface area contributed by atoms with Gasteiger partial charge in [0, 0.05) is 0 Å². The number of carbonyl (C=O) groups excluding carboxylic acids is 1. The Morgan fingerprint density at radius 3 is 2.27 bits per heavy atom. The molecule has 1 rings (SSSR count). The molecule has 15 heavy (non-hydrogen) atoms. The number of ether oxygens (including phenoxy) is 1. The van der Waals surface area contributed by atoms with Crippen molar-refractivity contribution in [2.75, 3.05) is 7.11 Å². The van der Waals surface area contributed by atoms with Crippen molar-refractivity contribution in [2.24, 2.45) is 0 Å². The third-order valence-electron chi connectivity index (χ3n) is 2.16. The van der Waals surface area contributed by atoms with Crippen molar-refractivity contribution in [3.8, 4) is 0 Å². The lowest BCUT2D eigenvalue weighted by Crippen LogP contribution is -2.28. The molecule has 1 aromatic rings. The van der Waals surface area contributed by atoms with Crippen LogP contribution < -0.4 is 0 Å². The molecule has 0 amide bonds. The van der Waals surface area contributed by atoms with E-state index in [1.807, 2.05) is 6.92 Å². The standard InChI is InChI=1S/C11H14O4/c1-7-3-5-8(6-4-7)9(12)10(13)11(14)15-2/h3-6,9-10,12-13H,1-2H3/t9-,10-/m0/s1. The third-order valence-corrected chi connectivity index (χ3v) is 2.16. The summed E-state index contributed by atoms with van der Waals surface area (Å²) < 4.78 is 4.33. The Kier molecular flexibility index (Phi) is 3.82. The van der Waals surface area contributed by atoms with E-state index in [4.69, 9.17) is 0 Å². The van der Waals surface area contributed by atoms with Gasteiger partial charge in [0.1, 0.15) is 6.10 Å². The van der Waals surface area contributed by atoms with Crippen LogP contribution in [0.4, 0.5) is 0 Å². The molecule has 2 atom stereocenters. The van der Waals surface area contributed by atoms with Crippen LogP contribution in [0.15, 0.2) is 24.3 Å². The predicted octanol–water partition coefficient (Wildman–Crippen LogP) is 0.562. The number of aliphatic hydroxyl groups excluding tert-OH is 2. The monoisotopic (exact) mass is 210 g/mol. The van der Waals surface area contributed by atoms with E-state index in [9.17, 15) is 15.0 Å². The maximum absolute atomic E-state index is 11.0. The molecular formula is C11H14O4. The molecule has 82 valence electrons. The zero-order valence-electron chi connectivity index (χ0n) is 8.68. The first-order chi connectivity index (χ1) is 7.06. The van der Waals surface area contributed by atoms with Gasteiger partial charge in [0.15, 0.2) is 6.10 Å². The topological polar surface area (TPSA) is 66.8 Å². The van der Waals surface area contributed by atoms with Gasteiger partial charge in [-0.2, -0.15) is 0 Å². The first kappa shape index (κ1) is 11.7. The second-order valence-electron chi connectivity index (χ2n) is 3.32. The normalized spacial score (nSPS) is 14.4. The van der Waals surface area contributed by atoms with E-state index in [0.29, 0.717) is 5.56 Å². The van der Waals surface area contributed by atoms with Crippen molar-refractivity contribution in [3.63, 3.8) is 0 Å². The summed E-state index contributed by atoms with van der Waals surface area (Å²) in [6.45, 7) is 1.91. The van der Waals surface area contributed by atoms with Crippen LogP contribution in [0, 0.1) is 6.92 Å². The van der Waals surface area contributed by atoms with Crippen LogP contribution in [-0.2, 0) is 9.53 Å². The van der Waals surface area contributed by atoms with E-state index >= 15 is 0 Å². The molecule has 0 spiro atoms. The molecule has 0 heterocycles. The maximum Gasteiger partial charge on any atom is 0.337 e. The van der Waals surface area contributed by atoms with Crippen LogP contribution >= 0.6 is 0 Å². The zero-order valence-corrected chi connectivity index (χ0v) is 8.68. The average molecular weight is 210 g/mol. The van der Waals surface area contributed by atoms with Gasteiger partial charge in [0.05, 0.1) is 7.11 Å². The summed E-state index contributed by atoms with van der Waals surface area (Å²) in [5, 5.41) is 19.0. The van der Waals surface area contributed by atoms with Crippen molar-refractivity contribution in [2.45, 2.75) is 19.1 Å². The molecule has 2 N–H and O–H groups in total. The van der Waals surface area contributed by atoms with Crippen LogP contribution in [0.1, 0.15) is 17.2 Å². The fraction of sp³-hybridized carbons (Fsp3) is 0.364. The Labute approximate surface area is 88.1 Å². The molecule has 0 aliphatic carbocycles. The lowest BCUT2D eigenvalue weighted by molar-refractivity contribution is -0.156. The molecule has 1 aromatic carbocycles. The Bertz CT molecular complexity index is 331.